The molecule has 0 bridgehead atoms. The third-order valence-electron chi connectivity index (χ3n) is 6.21. The Hall–Kier alpha value is -3.37. The lowest BCUT2D eigenvalue weighted by atomic mass is 10.2. The van der Waals surface area contributed by atoms with Crippen molar-refractivity contribution < 1.29 is 33.1 Å². The number of fused-ring (bicyclic) bond motifs is 1. The van der Waals surface area contributed by atoms with E-state index in [0.29, 0.717) is 36.3 Å². The summed E-state index contributed by atoms with van der Waals surface area (Å²) in [5, 5.41) is 6.52. The summed E-state index contributed by atoms with van der Waals surface area (Å²) < 4.78 is 25.3. The van der Waals surface area contributed by atoms with E-state index >= 15 is 0 Å². The fourth-order valence-electron chi connectivity index (χ4n) is 4.58. The summed E-state index contributed by atoms with van der Waals surface area (Å²) >= 11 is 0. The van der Waals surface area contributed by atoms with E-state index < -0.39 is 29.6 Å². The van der Waals surface area contributed by atoms with Crippen LogP contribution in [0.2, 0.25) is 0 Å². The first kappa shape index (κ1) is 24.7. The van der Waals surface area contributed by atoms with Crippen molar-refractivity contribution in [1.29, 1.82) is 0 Å². The lowest BCUT2D eigenvalue weighted by Crippen LogP contribution is -2.33. The minimum atomic E-state index is -0.567. The highest BCUT2D eigenvalue weighted by Gasteiger charge is 2.55. The third kappa shape index (κ3) is 6.01. The number of ether oxygens (including phenoxy) is 2. The molecule has 190 valence electrons. The molecule has 3 fully saturated rings. The Morgan fingerprint density at radius 1 is 1.26 bits per heavy atom. The maximum absolute atomic E-state index is 14.9. The predicted octanol–water partition coefficient (Wildman–Crippen LogP) is 2.31. The topological polar surface area (TPSA) is 110 Å². The maximum atomic E-state index is 14.9. The first-order chi connectivity index (χ1) is 16.5. The number of anilines is 2. The third-order valence-corrected chi connectivity index (χ3v) is 6.21. The number of hydrogen-bond donors (Lipinski definition) is 1. The first-order valence-corrected chi connectivity index (χ1v) is 11.7. The Bertz CT molecular complexity index is 1010. The van der Waals surface area contributed by atoms with Gasteiger partial charge in [-0.05, 0) is 50.8 Å². The van der Waals surface area contributed by atoms with Gasteiger partial charge >= 0.3 is 12.1 Å². The Labute approximate surface area is 203 Å². The normalized spacial score (nSPS) is 25.5. The van der Waals surface area contributed by atoms with Crippen molar-refractivity contribution >= 4 is 35.6 Å². The monoisotopic (exact) mass is 490 g/mol. The molecule has 2 amide bonds. The molecule has 1 aromatic carbocycles. The second-order valence-corrected chi connectivity index (χ2v) is 10.1. The molecule has 3 aliphatic rings. The second-order valence-electron chi connectivity index (χ2n) is 10.1. The molecule has 10 nitrogen and oxygen atoms in total. The van der Waals surface area contributed by atoms with Crippen molar-refractivity contribution in [3.8, 4) is 0 Å². The van der Waals surface area contributed by atoms with E-state index in [4.69, 9.17) is 14.3 Å². The number of amides is 2. The number of carbonyl (C=O) groups is 3. The van der Waals surface area contributed by atoms with Gasteiger partial charge in [-0.15, -0.1) is 0 Å². The average Bonchev–Trinajstić information content (AvgIpc) is 3.08. The number of carbonyl (C=O) groups excluding carboxylic acids is 3. The van der Waals surface area contributed by atoms with Crippen molar-refractivity contribution in [2.24, 2.45) is 22.9 Å². The molecule has 3 atom stereocenters. The Morgan fingerprint density at radius 2 is 1.97 bits per heavy atom. The molecule has 0 aromatic heterocycles. The van der Waals surface area contributed by atoms with Crippen LogP contribution in [0.3, 0.4) is 0 Å². The number of nitrogens with zero attached hydrogens (tertiary/aromatic N) is 3. The fourth-order valence-corrected chi connectivity index (χ4v) is 4.58. The molecular weight excluding hydrogens is 459 g/mol. The number of hydrogen-bond acceptors (Lipinski definition) is 8. The molecule has 4 rings (SSSR count). The van der Waals surface area contributed by atoms with Crippen molar-refractivity contribution in [3.05, 3.63) is 24.0 Å². The van der Waals surface area contributed by atoms with Gasteiger partial charge in [0.15, 0.2) is 0 Å². The largest absolute Gasteiger partial charge is 0.457 e. The van der Waals surface area contributed by atoms with E-state index in [9.17, 15) is 18.8 Å². The number of rotatable bonds is 8. The minimum absolute atomic E-state index is 0.208. The van der Waals surface area contributed by atoms with E-state index in [-0.39, 0.29) is 31.5 Å². The molecule has 2 heterocycles. The molecule has 1 saturated carbocycles. The molecule has 1 aromatic rings. The molecule has 2 saturated heterocycles. The van der Waals surface area contributed by atoms with Crippen molar-refractivity contribution in [3.63, 3.8) is 0 Å². The quantitative estimate of drug-likeness (QED) is 0.338. The minimum Gasteiger partial charge on any atom is -0.457 e. The number of oxime groups is 1. The SMILES string of the molecule is CC(=O)NC[C@H]1CN(c2ccc(N3CC4C(C=NOCC(=O)OC(C)(C)C)C4C3)c(F)c2)C(=O)O1. The zero-order chi connectivity index (χ0) is 25.3. The highest BCUT2D eigenvalue weighted by Crippen LogP contribution is 2.51. The highest BCUT2D eigenvalue weighted by molar-refractivity contribution is 5.90. The van der Waals surface area contributed by atoms with Crippen LogP contribution in [0.5, 0.6) is 0 Å². The number of esters is 1. The van der Waals surface area contributed by atoms with Gasteiger partial charge in [0.05, 0.1) is 24.5 Å². The number of piperidine rings is 1. The summed E-state index contributed by atoms with van der Waals surface area (Å²) in [6.07, 6.45) is 0.671. The first-order valence-electron chi connectivity index (χ1n) is 11.7. The molecule has 11 heteroatoms. The maximum Gasteiger partial charge on any atom is 0.414 e. The van der Waals surface area contributed by atoms with Crippen LogP contribution < -0.4 is 15.1 Å². The number of nitrogens with one attached hydrogen (secondary N) is 1. The van der Waals surface area contributed by atoms with E-state index in [0.717, 1.165) is 0 Å². The van der Waals surface area contributed by atoms with Crippen LogP contribution in [0.1, 0.15) is 27.7 Å². The number of benzene rings is 1. The molecule has 2 unspecified atom stereocenters. The van der Waals surface area contributed by atoms with Gasteiger partial charge in [0.1, 0.15) is 17.5 Å². The lowest BCUT2D eigenvalue weighted by Gasteiger charge is -2.23. The van der Waals surface area contributed by atoms with Gasteiger partial charge in [0.2, 0.25) is 12.5 Å². The zero-order valence-corrected chi connectivity index (χ0v) is 20.3. The van der Waals surface area contributed by atoms with Gasteiger partial charge in [-0.3, -0.25) is 9.69 Å². The van der Waals surface area contributed by atoms with Crippen LogP contribution in [0.4, 0.5) is 20.6 Å². The number of cyclic esters (lactones) is 1. The van der Waals surface area contributed by atoms with Crippen LogP contribution >= 0.6 is 0 Å². The smallest absolute Gasteiger partial charge is 0.414 e. The summed E-state index contributed by atoms with van der Waals surface area (Å²) in [5.74, 6) is -0.140. The summed E-state index contributed by atoms with van der Waals surface area (Å²) in [4.78, 5) is 43.3. The number of halogens is 1. The molecular formula is C24H31FN4O6. The highest BCUT2D eigenvalue weighted by atomic mass is 19.1. The zero-order valence-electron chi connectivity index (χ0n) is 20.3. The van der Waals surface area contributed by atoms with Gasteiger partial charge in [-0.25, -0.2) is 14.0 Å². The lowest BCUT2D eigenvalue weighted by molar-refractivity contribution is -0.160. The standard InChI is InChI=1S/C24H31FN4O6/c1-14(30)26-8-16-10-29(23(32)34-16)15-5-6-21(20(25)7-15)28-11-18-17(19(18)12-28)9-27-33-13-22(31)35-24(2,3)4/h5-7,9,16-19H,8,10-13H2,1-4H3,(H,26,30)/t16-,17?,18?,19?/m0/s1. The van der Waals surface area contributed by atoms with Crippen LogP contribution in [-0.4, -0.2) is 68.7 Å². The van der Waals surface area contributed by atoms with Crippen LogP contribution in [0, 0.1) is 23.6 Å². The van der Waals surface area contributed by atoms with Gasteiger partial charge in [-0.2, -0.15) is 0 Å². The Balaban J connectivity index is 1.25. The Morgan fingerprint density at radius 3 is 2.60 bits per heavy atom. The van der Waals surface area contributed by atoms with Crippen molar-refractivity contribution in [2.45, 2.75) is 39.4 Å². The van der Waals surface area contributed by atoms with E-state index in [1.165, 1.54) is 17.9 Å². The molecule has 1 aliphatic carbocycles. The molecule has 1 N–H and O–H groups in total. The average molecular weight is 491 g/mol. The van der Waals surface area contributed by atoms with Gasteiger partial charge in [0, 0.05) is 32.1 Å². The van der Waals surface area contributed by atoms with Crippen LogP contribution in [-0.2, 0) is 23.9 Å². The fraction of sp³-hybridized carbons (Fsp3) is 0.583. The summed E-state index contributed by atoms with van der Waals surface area (Å²) in [6.45, 7) is 8.34. The Kier molecular flexibility index (Phi) is 6.86. The summed E-state index contributed by atoms with van der Waals surface area (Å²) in [5.41, 5.74) is 0.334. The van der Waals surface area contributed by atoms with Crippen LogP contribution in [0.25, 0.3) is 0 Å². The molecule has 2 aliphatic heterocycles. The van der Waals surface area contributed by atoms with Gasteiger partial charge in [0.25, 0.3) is 0 Å². The van der Waals surface area contributed by atoms with E-state index in [1.807, 2.05) is 4.90 Å². The summed E-state index contributed by atoms with van der Waals surface area (Å²) in [6, 6.07) is 4.72. The van der Waals surface area contributed by atoms with Gasteiger partial charge < -0.3 is 24.5 Å². The van der Waals surface area contributed by atoms with E-state index in [1.54, 1.807) is 39.1 Å². The summed E-state index contributed by atoms with van der Waals surface area (Å²) in [7, 11) is 0. The van der Waals surface area contributed by atoms with Crippen LogP contribution in [0.15, 0.2) is 23.4 Å². The van der Waals surface area contributed by atoms with Gasteiger partial charge in [-0.1, -0.05) is 5.16 Å². The molecule has 35 heavy (non-hydrogen) atoms. The van der Waals surface area contributed by atoms with Crippen molar-refractivity contribution in [1.82, 2.24) is 5.32 Å². The predicted molar refractivity (Wildman–Crippen MR) is 126 cm³/mol. The van der Waals surface area contributed by atoms with E-state index in [2.05, 4.69) is 10.5 Å². The molecule has 0 spiro atoms. The molecule has 0 radical (unpaired) electrons. The second kappa shape index (κ2) is 9.71. The van der Waals surface area contributed by atoms with Crippen molar-refractivity contribution in [2.75, 3.05) is 42.6 Å².